The normalized spacial score (nSPS) is 13.7. The van der Waals surface area contributed by atoms with Gasteiger partial charge in [-0.2, -0.15) is 0 Å². The number of aliphatic hydroxyl groups excluding tert-OH is 2. The van der Waals surface area contributed by atoms with Gasteiger partial charge in [0.25, 0.3) is 5.91 Å². The molecular formula is C15H17NO3S. The maximum absolute atomic E-state index is 12.1. The molecule has 0 bridgehead atoms. The fourth-order valence-corrected chi connectivity index (χ4v) is 2.75. The minimum Gasteiger partial charge on any atom is -0.396 e. The summed E-state index contributed by atoms with van der Waals surface area (Å²) < 4.78 is 0. The lowest BCUT2D eigenvalue weighted by Gasteiger charge is -2.19. The summed E-state index contributed by atoms with van der Waals surface area (Å²) in [4.78, 5) is 13.1. The van der Waals surface area contributed by atoms with E-state index in [2.05, 4.69) is 5.32 Å². The van der Waals surface area contributed by atoms with Crippen LogP contribution < -0.4 is 5.32 Å². The Morgan fingerprint density at radius 1 is 1.20 bits per heavy atom. The van der Waals surface area contributed by atoms with Crippen molar-refractivity contribution in [2.45, 2.75) is 18.6 Å². The van der Waals surface area contributed by atoms with Crippen LogP contribution in [0.25, 0.3) is 0 Å². The van der Waals surface area contributed by atoms with Crippen molar-refractivity contribution in [3.63, 3.8) is 0 Å². The number of carbonyl (C=O) groups is 1. The molecule has 1 amide bonds. The summed E-state index contributed by atoms with van der Waals surface area (Å²) in [6, 6.07) is 12.3. The summed E-state index contributed by atoms with van der Waals surface area (Å²) in [6.07, 6.45) is -0.773. The zero-order chi connectivity index (χ0) is 14.4. The van der Waals surface area contributed by atoms with Crippen molar-refractivity contribution in [3.05, 3.63) is 58.3 Å². The van der Waals surface area contributed by atoms with Gasteiger partial charge in [0.15, 0.2) is 6.10 Å². The van der Waals surface area contributed by atoms with Crippen LogP contribution in [0.5, 0.6) is 0 Å². The van der Waals surface area contributed by atoms with Crippen molar-refractivity contribution in [3.8, 4) is 0 Å². The van der Waals surface area contributed by atoms with Gasteiger partial charge in [0.1, 0.15) is 0 Å². The Hall–Kier alpha value is -1.69. The van der Waals surface area contributed by atoms with Crippen molar-refractivity contribution < 1.29 is 15.0 Å². The highest BCUT2D eigenvalue weighted by molar-refractivity contribution is 7.10. The lowest BCUT2D eigenvalue weighted by atomic mass is 10.1. The van der Waals surface area contributed by atoms with Gasteiger partial charge in [-0.1, -0.05) is 36.4 Å². The Morgan fingerprint density at radius 2 is 1.95 bits per heavy atom. The van der Waals surface area contributed by atoms with Crippen LogP contribution in [0.1, 0.15) is 29.0 Å². The maximum Gasteiger partial charge on any atom is 0.253 e. The molecule has 2 rings (SSSR count). The van der Waals surface area contributed by atoms with E-state index in [4.69, 9.17) is 5.11 Å². The smallest absolute Gasteiger partial charge is 0.253 e. The number of carbonyl (C=O) groups excluding carboxylic acids is 1. The first-order chi connectivity index (χ1) is 9.72. The van der Waals surface area contributed by atoms with E-state index in [0.29, 0.717) is 12.0 Å². The molecule has 3 N–H and O–H groups in total. The monoisotopic (exact) mass is 291 g/mol. The second-order valence-corrected chi connectivity index (χ2v) is 5.38. The summed E-state index contributed by atoms with van der Waals surface area (Å²) in [7, 11) is 0. The molecule has 1 heterocycles. The topological polar surface area (TPSA) is 69.6 Å². The van der Waals surface area contributed by atoms with Crippen LogP contribution in [0.4, 0.5) is 0 Å². The van der Waals surface area contributed by atoms with Crippen LogP contribution in [0.15, 0.2) is 47.8 Å². The summed E-state index contributed by atoms with van der Waals surface area (Å²) in [6.45, 7) is -0.0235. The SMILES string of the molecule is O=C(N[C@@H](CCO)c1cccs1)[C@@H](O)c1ccccc1. The molecule has 1 aromatic heterocycles. The molecule has 0 radical (unpaired) electrons. The molecule has 0 aliphatic heterocycles. The number of hydrogen-bond donors (Lipinski definition) is 3. The summed E-state index contributed by atoms with van der Waals surface area (Å²) in [5.41, 5.74) is 0.555. The Kier molecular flexibility index (Phi) is 5.29. The highest BCUT2D eigenvalue weighted by Crippen LogP contribution is 2.23. The second kappa shape index (κ2) is 7.19. The molecule has 0 unspecified atom stereocenters. The molecule has 0 spiro atoms. The van der Waals surface area contributed by atoms with E-state index in [1.54, 1.807) is 24.3 Å². The van der Waals surface area contributed by atoms with E-state index >= 15 is 0 Å². The first-order valence-electron chi connectivity index (χ1n) is 6.40. The molecule has 0 saturated carbocycles. The van der Waals surface area contributed by atoms with Crippen LogP contribution in [-0.4, -0.2) is 22.7 Å². The van der Waals surface area contributed by atoms with E-state index in [1.165, 1.54) is 11.3 Å². The Labute approximate surface area is 121 Å². The number of benzene rings is 1. The van der Waals surface area contributed by atoms with Crippen molar-refractivity contribution >= 4 is 17.2 Å². The number of amides is 1. The third-order valence-electron chi connectivity index (χ3n) is 2.98. The molecule has 4 nitrogen and oxygen atoms in total. The third-order valence-corrected chi connectivity index (χ3v) is 3.97. The van der Waals surface area contributed by atoms with Crippen LogP contribution in [0, 0.1) is 0 Å². The lowest BCUT2D eigenvalue weighted by Crippen LogP contribution is -2.33. The van der Waals surface area contributed by atoms with Crippen LogP contribution >= 0.6 is 11.3 Å². The molecule has 0 fully saturated rings. The zero-order valence-corrected chi connectivity index (χ0v) is 11.7. The molecule has 2 atom stereocenters. The van der Waals surface area contributed by atoms with Crippen molar-refractivity contribution in [1.29, 1.82) is 0 Å². The van der Waals surface area contributed by atoms with Gasteiger partial charge in [0.05, 0.1) is 6.04 Å². The fourth-order valence-electron chi connectivity index (χ4n) is 1.94. The number of rotatable bonds is 6. The minimum absolute atomic E-state index is 0.0235. The van der Waals surface area contributed by atoms with Gasteiger partial charge in [-0.3, -0.25) is 4.79 Å². The van der Waals surface area contributed by atoms with Crippen LogP contribution in [-0.2, 0) is 4.79 Å². The predicted molar refractivity (Wildman–Crippen MR) is 78.3 cm³/mol. The Bertz CT molecular complexity index is 527. The fraction of sp³-hybridized carbons (Fsp3) is 0.267. The Balaban J connectivity index is 2.05. The lowest BCUT2D eigenvalue weighted by molar-refractivity contribution is -0.130. The van der Waals surface area contributed by atoms with E-state index in [1.807, 2.05) is 23.6 Å². The molecule has 2 aromatic rings. The average Bonchev–Trinajstić information content (AvgIpc) is 3.01. The largest absolute Gasteiger partial charge is 0.396 e. The third kappa shape index (κ3) is 3.66. The summed E-state index contributed by atoms with van der Waals surface area (Å²) in [5, 5.41) is 23.8. The van der Waals surface area contributed by atoms with Gasteiger partial charge in [0, 0.05) is 11.5 Å². The first-order valence-corrected chi connectivity index (χ1v) is 7.28. The van der Waals surface area contributed by atoms with E-state index in [9.17, 15) is 9.90 Å². The number of nitrogens with one attached hydrogen (secondary N) is 1. The average molecular weight is 291 g/mol. The summed E-state index contributed by atoms with van der Waals surface area (Å²) in [5.74, 6) is -0.456. The van der Waals surface area contributed by atoms with E-state index in [-0.39, 0.29) is 12.6 Å². The standard InChI is InChI=1S/C15H17NO3S/c17-9-8-12(13-7-4-10-20-13)16-15(19)14(18)11-5-2-1-3-6-11/h1-7,10,12,14,17-18H,8-9H2,(H,16,19)/t12-,14-/m0/s1. The Morgan fingerprint density at radius 3 is 2.55 bits per heavy atom. The number of thiophene rings is 1. The molecular weight excluding hydrogens is 274 g/mol. The highest BCUT2D eigenvalue weighted by atomic mass is 32.1. The molecule has 20 heavy (non-hydrogen) atoms. The van der Waals surface area contributed by atoms with Gasteiger partial charge < -0.3 is 15.5 Å². The minimum atomic E-state index is -1.20. The number of aliphatic hydroxyl groups is 2. The van der Waals surface area contributed by atoms with Gasteiger partial charge in [-0.15, -0.1) is 11.3 Å². The molecule has 0 aliphatic rings. The van der Waals surface area contributed by atoms with Gasteiger partial charge >= 0.3 is 0 Å². The van der Waals surface area contributed by atoms with Gasteiger partial charge in [-0.25, -0.2) is 0 Å². The van der Waals surface area contributed by atoms with Crippen molar-refractivity contribution in [2.75, 3.05) is 6.61 Å². The second-order valence-electron chi connectivity index (χ2n) is 4.40. The highest BCUT2D eigenvalue weighted by Gasteiger charge is 2.21. The summed E-state index contributed by atoms with van der Waals surface area (Å²) >= 11 is 1.51. The van der Waals surface area contributed by atoms with Crippen LogP contribution in [0.3, 0.4) is 0 Å². The van der Waals surface area contributed by atoms with Crippen molar-refractivity contribution in [2.24, 2.45) is 0 Å². The number of hydrogen-bond acceptors (Lipinski definition) is 4. The zero-order valence-electron chi connectivity index (χ0n) is 10.9. The quantitative estimate of drug-likeness (QED) is 0.762. The molecule has 0 aliphatic carbocycles. The molecule has 1 aromatic carbocycles. The van der Waals surface area contributed by atoms with Gasteiger partial charge in [-0.05, 0) is 23.4 Å². The van der Waals surface area contributed by atoms with E-state index in [0.717, 1.165) is 4.88 Å². The first kappa shape index (κ1) is 14.7. The van der Waals surface area contributed by atoms with Crippen LogP contribution in [0.2, 0.25) is 0 Å². The molecule has 5 heteroatoms. The van der Waals surface area contributed by atoms with E-state index < -0.39 is 12.0 Å². The molecule has 106 valence electrons. The maximum atomic E-state index is 12.1. The molecule has 0 saturated heterocycles. The van der Waals surface area contributed by atoms with Crippen molar-refractivity contribution in [1.82, 2.24) is 5.32 Å². The predicted octanol–water partition coefficient (Wildman–Crippen LogP) is 2.02. The van der Waals surface area contributed by atoms with Gasteiger partial charge in [0.2, 0.25) is 0 Å².